The number of hydrogen-bond acceptors (Lipinski definition) is 5. The molecule has 1 atom stereocenters. The standard InChI is InChI=1S/C25H25I2NO5/c1-13(2)18-8-14(3-5-23(18)30)7-16-12-17(4-6-22(16)29)33-24-19(26)9-15(10-20(24)27)11-21(28)25(31)32/h3-6,8-10,12-13,21,29-30H,7,11,28H2,1-2H3,(H,31,32)/t21-/m0/s1. The van der Waals surface area contributed by atoms with Crippen LogP contribution in [0.1, 0.15) is 42.0 Å². The van der Waals surface area contributed by atoms with E-state index in [0.717, 1.165) is 23.8 Å². The predicted molar refractivity (Wildman–Crippen MR) is 144 cm³/mol. The first-order valence-corrected chi connectivity index (χ1v) is 12.5. The summed E-state index contributed by atoms with van der Waals surface area (Å²) in [7, 11) is 0. The van der Waals surface area contributed by atoms with Crippen molar-refractivity contribution < 1.29 is 24.9 Å². The zero-order valence-electron chi connectivity index (χ0n) is 18.2. The van der Waals surface area contributed by atoms with Crippen molar-refractivity contribution in [1.82, 2.24) is 0 Å². The largest absolute Gasteiger partial charge is 0.508 e. The van der Waals surface area contributed by atoms with Gasteiger partial charge in [-0.3, -0.25) is 4.79 Å². The molecule has 0 aromatic heterocycles. The molecule has 0 unspecified atom stereocenters. The van der Waals surface area contributed by atoms with Crippen LogP contribution in [0, 0.1) is 7.14 Å². The van der Waals surface area contributed by atoms with Gasteiger partial charge in [0.05, 0.1) is 7.14 Å². The third-order valence-electron chi connectivity index (χ3n) is 5.21. The fourth-order valence-electron chi connectivity index (χ4n) is 3.45. The molecule has 0 aliphatic heterocycles. The number of benzene rings is 3. The molecule has 0 saturated carbocycles. The molecule has 0 radical (unpaired) electrons. The lowest BCUT2D eigenvalue weighted by Crippen LogP contribution is -2.32. The zero-order chi connectivity index (χ0) is 24.3. The smallest absolute Gasteiger partial charge is 0.320 e. The number of hydrogen-bond donors (Lipinski definition) is 4. The van der Waals surface area contributed by atoms with Crippen molar-refractivity contribution >= 4 is 51.2 Å². The fraction of sp³-hybridized carbons (Fsp3) is 0.240. The number of aliphatic carboxylic acids is 1. The zero-order valence-corrected chi connectivity index (χ0v) is 22.5. The second-order valence-corrected chi connectivity index (χ2v) is 10.5. The minimum absolute atomic E-state index is 0.170. The number of phenolic OH excluding ortho intramolecular Hbond substituents is 2. The van der Waals surface area contributed by atoms with Crippen LogP contribution in [0.2, 0.25) is 0 Å². The molecule has 0 heterocycles. The first-order valence-electron chi connectivity index (χ1n) is 10.3. The third-order valence-corrected chi connectivity index (χ3v) is 6.81. The van der Waals surface area contributed by atoms with Gasteiger partial charge in [0, 0.05) is 12.0 Å². The van der Waals surface area contributed by atoms with E-state index in [1.165, 1.54) is 0 Å². The number of phenols is 2. The van der Waals surface area contributed by atoms with E-state index in [1.807, 2.05) is 38.1 Å². The summed E-state index contributed by atoms with van der Waals surface area (Å²) < 4.78 is 7.82. The van der Waals surface area contributed by atoms with Gasteiger partial charge in [-0.15, -0.1) is 0 Å². The van der Waals surface area contributed by atoms with Gasteiger partial charge in [0.25, 0.3) is 0 Å². The van der Waals surface area contributed by atoms with Gasteiger partial charge in [-0.05, 0) is 111 Å². The molecule has 3 rings (SSSR count). The summed E-state index contributed by atoms with van der Waals surface area (Å²) in [6.45, 7) is 4.04. The Morgan fingerprint density at radius 2 is 1.61 bits per heavy atom. The number of carbonyl (C=O) groups is 1. The van der Waals surface area contributed by atoms with Gasteiger partial charge in [0.1, 0.15) is 23.3 Å². The molecule has 0 bridgehead atoms. The highest BCUT2D eigenvalue weighted by molar-refractivity contribution is 14.1. The highest BCUT2D eigenvalue weighted by atomic mass is 127. The van der Waals surface area contributed by atoms with E-state index in [2.05, 4.69) is 45.2 Å². The summed E-state index contributed by atoms with van der Waals surface area (Å²) in [5, 5.41) is 29.5. The fourth-order valence-corrected chi connectivity index (χ4v) is 5.57. The van der Waals surface area contributed by atoms with Crippen LogP contribution in [0.25, 0.3) is 0 Å². The molecule has 33 heavy (non-hydrogen) atoms. The Morgan fingerprint density at radius 3 is 2.21 bits per heavy atom. The Kier molecular flexibility index (Phi) is 8.46. The van der Waals surface area contributed by atoms with Crippen LogP contribution >= 0.6 is 45.2 Å². The van der Waals surface area contributed by atoms with E-state index in [4.69, 9.17) is 15.6 Å². The molecular formula is C25H25I2NO5. The summed E-state index contributed by atoms with van der Waals surface area (Å²) in [5.74, 6) is 0.830. The van der Waals surface area contributed by atoms with Crippen LogP contribution in [-0.4, -0.2) is 27.3 Å². The molecule has 0 aliphatic carbocycles. The van der Waals surface area contributed by atoms with Crippen molar-refractivity contribution in [1.29, 1.82) is 0 Å². The monoisotopic (exact) mass is 673 g/mol. The summed E-state index contributed by atoms with van der Waals surface area (Å²) in [6, 6.07) is 13.4. The van der Waals surface area contributed by atoms with Crippen LogP contribution in [0.4, 0.5) is 0 Å². The topological polar surface area (TPSA) is 113 Å². The Hall–Kier alpha value is -2.05. The molecule has 3 aromatic rings. The van der Waals surface area contributed by atoms with Crippen molar-refractivity contribution in [2.75, 3.05) is 0 Å². The molecule has 0 aliphatic rings. The van der Waals surface area contributed by atoms with Crippen LogP contribution in [0.5, 0.6) is 23.0 Å². The maximum atomic E-state index is 11.1. The number of carboxylic acid groups (broad SMARTS) is 1. The number of halogens is 2. The van der Waals surface area contributed by atoms with Crippen LogP contribution in [0.15, 0.2) is 48.5 Å². The normalized spacial score (nSPS) is 12.1. The van der Waals surface area contributed by atoms with Crippen molar-refractivity contribution in [3.8, 4) is 23.0 Å². The van der Waals surface area contributed by atoms with E-state index in [9.17, 15) is 15.0 Å². The first-order chi connectivity index (χ1) is 15.5. The van der Waals surface area contributed by atoms with Gasteiger partial charge in [0.2, 0.25) is 0 Å². The van der Waals surface area contributed by atoms with E-state index < -0.39 is 12.0 Å². The summed E-state index contributed by atoms with van der Waals surface area (Å²) in [5.41, 5.74) is 9.05. The van der Waals surface area contributed by atoms with E-state index in [-0.39, 0.29) is 23.8 Å². The summed E-state index contributed by atoms with van der Waals surface area (Å²) >= 11 is 4.32. The van der Waals surface area contributed by atoms with Crippen LogP contribution in [-0.2, 0) is 17.6 Å². The number of rotatable bonds is 8. The number of aromatic hydroxyl groups is 2. The van der Waals surface area contributed by atoms with Crippen molar-refractivity contribution in [2.24, 2.45) is 5.73 Å². The molecule has 8 heteroatoms. The molecule has 174 valence electrons. The maximum absolute atomic E-state index is 11.1. The minimum Gasteiger partial charge on any atom is -0.508 e. The molecule has 5 N–H and O–H groups in total. The summed E-state index contributed by atoms with van der Waals surface area (Å²) in [4.78, 5) is 11.1. The van der Waals surface area contributed by atoms with Crippen molar-refractivity contribution in [3.05, 3.63) is 77.9 Å². The highest BCUT2D eigenvalue weighted by Gasteiger charge is 2.17. The average Bonchev–Trinajstić information content (AvgIpc) is 2.74. The SMILES string of the molecule is CC(C)c1cc(Cc2cc(Oc3c(I)cc(C[C@H](N)C(=O)O)cc3I)ccc2O)ccc1O. The summed E-state index contributed by atoms with van der Waals surface area (Å²) in [6.07, 6.45) is 0.721. The third kappa shape index (κ3) is 6.51. The number of nitrogens with two attached hydrogens (primary N) is 1. The van der Waals surface area contributed by atoms with Gasteiger partial charge < -0.3 is 25.8 Å². The van der Waals surface area contributed by atoms with Crippen LogP contribution in [0.3, 0.4) is 0 Å². The molecule has 0 spiro atoms. The number of ether oxygens (including phenoxy) is 1. The molecule has 0 saturated heterocycles. The Bertz CT molecular complexity index is 1160. The lowest BCUT2D eigenvalue weighted by atomic mass is 9.96. The van der Waals surface area contributed by atoms with Crippen LogP contribution < -0.4 is 10.5 Å². The highest BCUT2D eigenvalue weighted by Crippen LogP contribution is 2.35. The van der Waals surface area contributed by atoms with Gasteiger partial charge in [0.15, 0.2) is 5.75 Å². The maximum Gasteiger partial charge on any atom is 0.320 e. The Labute approximate surface area is 220 Å². The Balaban J connectivity index is 1.84. The van der Waals surface area contributed by atoms with E-state index in [1.54, 1.807) is 24.3 Å². The van der Waals surface area contributed by atoms with Gasteiger partial charge in [-0.2, -0.15) is 0 Å². The lowest BCUT2D eigenvalue weighted by Gasteiger charge is -2.15. The minimum atomic E-state index is -1.04. The molecule has 3 aromatic carbocycles. The first kappa shape index (κ1) is 25.6. The Morgan fingerprint density at radius 1 is 0.970 bits per heavy atom. The van der Waals surface area contributed by atoms with Crippen molar-refractivity contribution in [2.45, 2.75) is 38.6 Å². The molecule has 6 nitrogen and oxygen atoms in total. The molecular weight excluding hydrogens is 648 g/mol. The van der Waals surface area contributed by atoms with E-state index in [0.29, 0.717) is 23.5 Å². The number of carboxylic acids is 1. The van der Waals surface area contributed by atoms with Gasteiger partial charge in [-0.1, -0.05) is 26.0 Å². The second-order valence-electron chi connectivity index (χ2n) is 8.15. The van der Waals surface area contributed by atoms with E-state index >= 15 is 0 Å². The second kappa shape index (κ2) is 10.9. The van der Waals surface area contributed by atoms with Gasteiger partial charge in [-0.25, -0.2) is 0 Å². The van der Waals surface area contributed by atoms with Gasteiger partial charge >= 0.3 is 5.97 Å². The quantitative estimate of drug-likeness (QED) is 0.226. The average molecular weight is 673 g/mol. The molecule has 0 amide bonds. The lowest BCUT2D eigenvalue weighted by molar-refractivity contribution is -0.138. The van der Waals surface area contributed by atoms with Crippen molar-refractivity contribution in [3.63, 3.8) is 0 Å². The molecule has 0 fully saturated rings. The predicted octanol–water partition coefficient (Wildman–Crippen LogP) is 5.77.